The molecule has 0 spiro atoms. The minimum Gasteiger partial charge on any atom is -0.354 e. The molecule has 1 amide bonds. The van der Waals surface area contributed by atoms with Crippen LogP contribution in [0.1, 0.15) is 6.92 Å². The van der Waals surface area contributed by atoms with E-state index in [1.807, 2.05) is 30.3 Å². The van der Waals surface area contributed by atoms with Gasteiger partial charge in [-0.25, -0.2) is 0 Å². The molecular weight excluding hydrogens is 252 g/mol. The van der Waals surface area contributed by atoms with E-state index in [0.717, 1.165) is 16.7 Å². The van der Waals surface area contributed by atoms with Crippen molar-refractivity contribution in [3.05, 3.63) is 52.7 Å². The highest BCUT2D eigenvalue weighted by atomic mass is 16.2. The van der Waals surface area contributed by atoms with Gasteiger partial charge < -0.3 is 9.88 Å². The van der Waals surface area contributed by atoms with Gasteiger partial charge in [-0.3, -0.25) is 9.59 Å². The van der Waals surface area contributed by atoms with Crippen molar-refractivity contribution in [2.24, 2.45) is 0 Å². The van der Waals surface area contributed by atoms with E-state index in [0.29, 0.717) is 10.8 Å². The van der Waals surface area contributed by atoms with Gasteiger partial charge in [-0.05, 0) is 30.3 Å². The van der Waals surface area contributed by atoms with Gasteiger partial charge in [-0.2, -0.15) is 0 Å². The summed E-state index contributed by atoms with van der Waals surface area (Å²) < 4.78 is 0. The summed E-state index contributed by atoms with van der Waals surface area (Å²) in [4.78, 5) is 28.6. The fourth-order valence-corrected chi connectivity index (χ4v) is 2.30. The van der Waals surface area contributed by atoms with Crippen molar-refractivity contribution < 1.29 is 4.79 Å². The van der Waals surface area contributed by atoms with Crippen LogP contribution in [-0.2, 0) is 4.79 Å². The lowest BCUT2D eigenvalue weighted by Crippen LogP contribution is -2.22. The second-order valence-corrected chi connectivity index (χ2v) is 4.81. The van der Waals surface area contributed by atoms with E-state index < -0.39 is 0 Å². The Labute approximate surface area is 115 Å². The Morgan fingerprint density at radius 1 is 1.05 bits per heavy atom. The Morgan fingerprint density at radius 3 is 2.50 bits per heavy atom. The molecule has 0 unspecified atom stereocenters. The number of rotatable bonds is 1. The molecule has 0 aliphatic rings. The minimum atomic E-state index is -0.0486. The third-order valence-corrected chi connectivity index (χ3v) is 3.55. The lowest BCUT2D eigenvalue weighted by molar-refractivity contribution is -0.116. The van der Waals surface area contributed by atoms with Crippen LogP contribution in [0.4, 0.5) is 5.69 Å². The molecule has 4 nitrogen and oxygen atoms in total. The van der Waals surface area contributed by atoms with E-state index in [2.05, 4.69) is 4.98 Å². The van der Waals surface area contributed by atoms with Crippen LogP contribution >= 0.6 is 0 Å². The van der Waals surface area contributed by atoms with Crippen LogP contribution in [0.15, 0.2) is 47.3 Å². The maximum atomic E-state index is 12.4. The van der Waals surface area contributed by atoms with E-state index in [1.165, 1.54) is 6.92 Å². The Bertz CT molecular complexity index is 880. The van der Waals surface area contributed by atoms with Crippen molar-refractivity contribution >= 4 is 33.4 Å². The third-order valence-electron chi connectivity index (χ3n) is 3.55. The van der Waals surface area contributed by atoms with Gasteiger partial charge in [0.05, 0.1) is 5.52 Å². The summed E-state index contributed by atoms with van der Waals surface area (Å²) >= 11 is 0. The van der Waals surface area contributed by atoms with Crippen LogP contribution in [0.2, 0.25) is 0 Å². The molecule has 4 heteroatoms. The standard InChI is InChI=1S/C16H14N2O2/c1-10(19)18(2)11-7-8-13-15(9-11)17-14-6-4-3-5-12(14)16(13)20/h3-9H,1-2H3,(H,17,20). The molecule has 3 rings (SSSR count). The minimum absolute atomic E-state index is 0.00591. The lowest BCUT2D eigenvalue weighted by atomic mass is 10.1. The molecule has 1 N–H and O–H groups in total. The summed E-state index contributed by atoms with van der Waals surface area (Å²) in [5.41, 5.74) is 2.30. The van der Waals surface area contributed by atoms with Gasteiger partial charge in [-0.1, -0.05) is 12.1 Å². The topological polar surface area (TPSA) is 53.2 Å². The second-order valence-electron chi connectivity index (χ2n) is 4.81. The molecule has 0 saturated carbocycles. The Kier molecular flexibility index (Phi) is 2.79. The van der Waals surface area contributed by atoms with Crippen LogP contribution in [-0.4, -0.2) is 17.9 Å². The molecule has 0 atom stereocenters. The summed E-state index contributed by atoms with van der Waals surface area (Å²) in [6.07, 6.45) is 0. The van der Waals surface area contributed by atoms with E-state index in [-0.39, 0.29) is 11.3 Å². The van der Waals surface area contributed by atoms with E-state index >= 15 is 0 Å². The number of nitrogens with one attached hydrogen (secondary N) is 1. The fourth-order valence-electron chi connectivity index (χ4n) is 2.30. The molecule has 1 heterocycles. The van der Waals surface area contributed by atoms with E-state index in [9.17, 15) is 9.59 Å². The number of carbonyl (C=O) groups excluding carboxylic acids is 1. The molecule has 0 radical (unpaired) electrons. The van der Waals surface area contributed by atoms with Crippen molar-refractivity contribution in [3.8, 4) is 0 Å². The van der Waals surface area contributed by atoms with E-state index in [4.69, 9.17) is 0 Å². The number of hydrogen-bond acceptors (Lipinski definition) is 2. The van der Waals surface area contributed by atoms with Gasteiger partial charge in [-0.15, -0.1) is 0 Å². The Morgan fingerprint density at radius 2 is 1.75 bits per heavy atom. The number of aromatic nitrogens is 1. The number of anilines is 1. The molecular formula is C16H14N2O2. The van der Waals surface area contributed by atoms with Gasteiger partial charge in [0.1, 0.15) is 0 Å². The zero-order valence-electron chi connectivity index (χ0n) is 11.3. The van der Waals surface area contributed by atoms with Crippen LogP contribution in [0.3, 0.4) is 0 Å². The molecule has 2 aromatic carbocycles. The normalized spacial score (nSPS) is 10.9. The average Bonchev–Trinajstić information content (AvgIpc) is 2.46. The quantitative estimate of drug-likeness (QED) is 0.688. The number of amides is 1. The largest absolute Gasteiger partial charge is 0.354 e. The summed E-state index contributed by atoms with van der Waals surface area (Å²) in [6.45, 7) is 1.51. The maximum absolute atomic E-state index is 12.4. The zero-order chi connectivity index (χ0) is 14.3. The van der Waals surface area contributed by atoms with Crippen LogP contribution < -0.4 is 10.3 Å². The summed E-state index contributed by atoms with van der Waals surface area (Å²) in [5.74, 6) is -0.0486. The number of hydrogen-bond donors (Lipinski definition) is 1. The highest BCUT2D eigenvalue weighted by Crippen LogP contribution is 2.20. The lowest BCUT2D eigenvalue weighted by Gasteiger charge is -2.15. The average molecular weight is 266 g/mol. The molecule has 0 fully saturated rings. The predicted molar refractivity (Wildman–Crippen MR) is 81.2 cm³/mol. The van der Waals surface area contributed by atoms with Crippen LogP contribution in [0, 0.1) is 0 Å². The molecule has 0 aliphatic heterocycles. The SMILES string of the molecule is CC(=O)N(C)c1ccc2c(=O)c3ccccc3[nH]c2c1. The van der Waals surface area contributed by atoms with Gasteiger partial charge >= 0.3 is 0 Å². The van der Waals surface area contributed by atoms with Crippen LogP contribution in [0.25, 0.3) is 21.8 Å². The molecule has 100 valence electrons. The van der Waals surface area contributed by atoms with Gasteiger partial charge in [0.15, 0.2) is 5.43 Å². The summed E-state index contributed by atoms with van der Waals surface area (Å²) in [5, 5.41) is 1.30. The third kappa shape index (κ3) is 1.86. The number of pyridine rings is 1. The van der Waals surface area contributed by atoms with E-state index in [1.54, 1.807) is 24.1 Å². The monoisotopic (exact) mass is 266 g/mol. The molecule has 0 bridgehead atoms. The van der Waals surface area contributed by atoms with Gasteiger partial charge in [0, 0.05) is 35.9 Å². The maximum Gasteiger partial charge on any atom is 0.223 e. The van der Waals surface area contributed by atoms with Crippen LogP contribution in [0.5, 0.6) is 0 Å². The smallest absolute Gasteiger partial charge is 0.223 e. The second kappa shape index (κ2) is 4.49. The number of aromatic amines is 1. The molecule has 1 aromatic heterocycles. The number of benzene rings is 2. The van der Waals surface area contributed by atoms with Crippen molar-refractivity contribution in [3.63, 3.8) is 0 Å². The molecule has 0 aliphatic carbocycles. The Hall–Kier alpha value is -2.62. The zero-order valence-corrected chi connectivity index (χ0v) is 11.3. The molecule has 0 saturated heterocycles. The highest BCUT2D eigenvalue weighted by Gasteiger charge is 2.09. The van der Waals surface area contributed by atoms with Crippen molar-refractivity contribution in [2.75, 3.05) is 11.9 Å². The predicted octanol–water partition coefficient (Wildman–Crippen LogP) is 2.66. The number of para-hydroxylation sites is 1. The van der Waals surface area contributed by atoms with Gasteiger partial charge in [0.25, 0.3) is 0 Å². The van der Waals surface area contributed by atoms with Gasteiger partial charge in [0.2, 0.25) is 5.91 Å². The summed E-state index contributed by atoms with van der Waals surface area (Å²) in [7, 11) is 1.71. The Balaban J connectivity index is 2.33. The first-order valence-electron chi connectivity index (χ1n) is 6.37. The highest BCUT2D eigenvalue weighted by molar-refractivity contribution is 5.97. The molecule has 20 heavy (non-hydrogen) atoms. The first kappa shape index (κ1) is 12.4. The first-order valence-corrected chi connectivity index (χ1v) is 6.37. The van der Waals surface area contributed by atoms with Crippen molar-refractivity contribution in [1.82, 2.24) is 4.98 Å². The molecule has 3 aromatic rings. The summed E-state index contributed by atoms with van der Waals surface area (Å²) in [6, 6.07) is 12.8. The number of nitrogens with zero attached hydrogens (tertiary/aromatic N) is 1. The van der Waals surface area contributed by atoms with Crippen molar-refractivity contribution in [2.45, 2.75) is 6.92 Å². The number of fused-ring (bicyclic) bond motifs is 2. The van der Waals surface area contributed by atoms with Crippen molar-refractivity contribution in [1.29, 1.82) is 0 Å². The number of carbonyl (C=O) groups is 1. The first-order chi connectivity index (χ1) is 9.58. The fraction of sp³-hybridized carbons (Fsp3) is 0.125. The number of H-pyrrole nitrogens is 1.